The van der Waals surface area contributed by atoms with E-state index in [2.05, 4.69) is 12.1 Å². The Labute approximate surface area is 108 Å². The van der Waals surface area contributed by atoms with Gasteiger partial charge in [0.05, 0.1) is 0 Å². The van der Waals surface area contributed by atoms with E-state index in [4.69, 9.17) is 9.84 Å². The molecule has 2 rings (SSSR count). The summed E-state index contributed by atoms with van der Waals surface area (Å²) in [6.45, 7) is 0.805. The molecular formula is C16H18O2. The van der Waals surface area contributed by atoms with Gasteiger partial charge in [-0.1, -0.05) is 42.5 Å². The SMILES string of the molecule is OCCCc1ccccc1COc1ccccc1. The van der Waals surface area contributed by atoms with Crippen molar-refractivity contribution in [3.05, 3.63) is 65.7 Å². The highest BCUT2D eigenvalue weighted by atomic mass is 16.5. The van der Waals surface area contributed by atoms with E-state index in [1.807, 2.05) is 42.5 Å². The second-order valence-electron chi connectivity index (χ2n) is 4.20. The number of para-hydroxylation sites is 1. The number of aryl methyl sites for hydroxylation is 1. The maximum atomic E-state index is 8.90. The minimum atomic E-state index is 0.230. The Balaban J connectivity index is 2.00. The molecule has 0 amide bonds. The van der Waals surface area contributed by atoms with Crippen LogP contribution >= 0.6 is 0 Å². The van der Waals surface area contributed by atoms with E-state index >= 15 is 0 Å². The lowest BCUT2D eigenvalue weighted by atomic mass is 10.0. The van der Waals surface area contributed by atoms with Gasteiger partial charge in [-0.05, 0) is 36.1 Å². The summed E-state index contributed by atoms with van der Waals surface area (Å²) in [4.78, 5) is 0. The third-order valence-corrected chi connectivity index (χ3v) is 2.86. The molecule has 0 radical (unpaired) electrons. The van der Waals surface area contributed by atoms with Gasteiger partial charge in [0.2, 0.25) is 0 Å². The van der Waals surface area contributed by atoms with Gasteiger partial charge in [0, 0.05) is 6.61 Å². The van der Waals surface area contributed by atoms with E-state index in [1.54, 1.807) is 0 Å². The largest absolute Gasteiger partial charge is 0.489 e. The zero-order valence-electron chi connectivity index (χ0n) is 10.4. The first-order valence-corrected chi connectivity index (χ1v) is 6.25. The summed E-state index contributed by atoms with van der Waals surface area (Å²) in [6, 6.07) is 18.0. The zero-order chi connectivity index (χ0) is 12.6. The minimum Gasteiger partial charge on any atom is -0.489 e. The monoisotopic (exact) mass is 242 g/mol. The predicted molar refractivity (Wildman–Crippen MR) is 72.6 cm³/mol. The zero-order valence-corrected chi connectivity index (χ0v) is 10.4. The van der Waals surface area contributed by atoms with Crippen LogP contribution in [0.25, 0.3) is 0 Å². The maximum Gasteiger partial charge on any atom is 0.119 e. The topological polar surface area (TPSA) is 29.5 Å². The van der Waals surface area contributed by atoms with Gasteiger partial charge in [0.15, 0.2) is 0 Å². The molecule has 94 valence electrons. The predicted octanol–water partition coefficient (Wildman–Crippen LogP) is 3.19. The van der Waals surface area contributed by atoms with Crippen molar-refractivity contribution < 1.29 is 9.84 Å². The van der Waals surface area contributed by atoms with Crippen LogP contribution in [0.15, 0.2) is 54.6 Å². The fourth-order valence-electron chi connectivity index (χ4n) is 1.89. The molecule has 0 aliphatic heterocycles. The number of benzene rings is 2. The number of hydrogen-bond donors (Lipinski definition) is 1. The molecule has 0 aliphatic rings. The van der Waals surface area contributed by atoms with Crippen molar-refractivity contribution in [2.75, 3.05) is 6.61 Å². The first kappa shape index (κ1) is 12.7. The molecule has 0 aromatic heterocycles. The molecule has 0 unspecified atom stereocenters. The summed E-state index contributed by atoms with van der Waals surface area (Å²) < 4.78 is 5.75. The van der Waals surface area contributed by atoms with Crippen molar-refractivity contribution in [2.24, 2.45) is 0 Å². The van der Waals surface area contributed by atoms with Crippen molar-refractivity contribution in [1.82, 2.24) is 0 Å². The van der Waals surface area contributed by atoms with Crippen molar-refractivity contribution in [3.63, 3.8) is 0 Å². The Morgan fingerprint density at radius 3 is 2.22 bits per heavy atom. The van der Waals surface area contributed by atoms with Gasteiger partial charge >= 0.3 is 0 Å². The average molecular weight is 242 g/mol. The van der Waals surface area contributed by atoms with Gasteiger partial charge in [-0.3, -0.25) is 0 Å². The summed E-state index contributed by atoms with van der Waals surface area (Å²) in [5.41, 5.74) is 2.44. The molecule has 1 N–H and O–H groups in total. The summed E-state index contributed by atoms with van der Waals surface area (Å²) in [7, 11) is 0. The fourth-order valence-corrected chi connectivity index (χ4v) is 1.89. The van der Waals surface area contributed by atoms with E-state index in [0.717, 1.165) is 18.6 Å². The van der Waals surface area contributed by atoms with Crippen LogP contribution in [-0.4, -0.2) is 11.7 Å². The van der Waals surface area contributed by atoms with Gasteiger partial charge in [-0.2, -0.15) is 0 Å². The minimum absolute atomic E-state index is 0.230. The molecule has 0 saturated heterocycles. The van der Waals surface area contributed by atoms with E-state index in [1.165, 1.54) is 11.1 Å². The standard InChI is InChI=1S/C16H18O2/c17-12-6-9-14-7-4-5-8-15(14)13-18-16-10-2-1-3-11-16/h1-5,7-8,10-11,17H,6,9,12-13H2. The van der Waals surface area contributed by atoms with Gasteiger partial charge in [-0.25, -0.2) is 0 Å². The lowest BCUT2D eigenvalue weighted by Gasteiger charge is -2.10. The van der Waals surface area contributed by atoms with Gasteiger partial charge < -0.3 is 9.84 Å². The van der Waals surface area contributed by atoms with E-state index in [-0.39, 0.29) is 6.61 Å². The quantitative estimate of drug-likeness (QED) is 0.843. The smallest absolute Gasteiger partial charge is 0.119 e. The molecule has 0 atom stereocenters. The van der Waals surface area contributed by atoms with Crippen LogP contribution in [0.5, 0.6) is 5.75 Å². The van der Waals surface area contributed by atoms with Crippen LogP contribution < -0.4 is 4.74 Å². The van der Waals surface area contributed by atoms with Crippen LogP contribution in [0.1, 0.15) is 17.5 Å². The average Bonchev–Trinajstić information content (AvgIpc) is 2.45. The summed E-state index contributed by atoms with van der Waals surface area (Å²) >= 11 is 0. The third-order valence-electron chi connectivity index (χ3n) is 2.86. The van der Waals surface area contributed by atoms with Crippen LogP contribution in [0.4, 0.5) is 0 Å². The molecular weight excluding hydrogens is 224 g/mol. The number of ether oxygens (including phenoxy) is 1. The van der Waals surface area contributed by atoms with E-state index in [0.29, 0.717) is 6.61 Å². The third kappa shape index (κ3) is 3.60. The van der Waals surface area contributed by atoms with E-state index in [9.17, 15) is 0 Å². The first-order chi connectivity index (χ1) is 8.90. The van der Waals surface area contributed by atoms with Crippen LogP contribution in [0.2, 0.25) is 0 Å². The number of aliphatic hydroxyl groups is 1. The highest BCUT2D eigenvalue weighted by Gasteiger charge is 2.02. The summed E-state index contributed by atoms with van der Waals surface area (Å²) in [5, 5.41) is 8.90. The number of aliphatic hydroxyl groups excluding tert-OH is 1. The maximum absolute atomic E-state index is 8.90. The van der Waals surface area contributed by atoms with Crippen LogP contribution in [-0.2, 0) is 13.0 Å². The normalized spacial score (nSPS) is 10.3. The second kappa shape index (κ2) is 6.82. The van der Waals surface area contributed by atoms with Gasteiger partial charge in [0.1, 0.15) is 12.4 Å². The number of rotatable bonds is 6. The number of hydrogen-bond acceptors (Lipinski definition) is 2. The van der Waals surface area contributed by atoms with E-state index < -0.39 is 0 Å². The van der Waals surface area contributed by atoms with Crippen molar-refractivity contribution in [3.8, 4) is 5.75 Å². The molecule has 0 heterocycles. The molecule has 2 heteroatoms. The first-order valence-electron chi connectivity index (χ1n) is 6.25. The highest BCUT2D eigenvalue weighted by molar-refractivity contribution is 5.28. The highest BCUT2D eigenvalue weighted by Crippen LogP contribution is 2.15. The molecule has 0 bridgehead atoms. The molecule has 0 aliphatic carbocycles. The molecule has 0 saturated carbocycles. The van der Waals surface area contributed by atoms with Crippen molar-refractivity contribution in [1.29, 1.82) is 0 Å². The lowest BCUT2D eigenvalue weighted by molar-refractivity contribution is 0.286. The Morgan fingerprint density at radius 2 is 1.50 bits per heavy atom. The second-order valence-corrected chi connectivity index (χ2v) is 4.20. The molecule has 18 heavy (non-hydrogen) atoms. The Kier molecular flexibility index (Phi) is 4.79. The lowest BCUT2D eigenvalue weighted by Crippen LogP contribution is -2.01. The van der Waals surface area contributed by atoms with Gasteiger partial charge in [-0.15, -0.1) is 0 Å². The molecule has 2 aromatic carbocycles. The van der Waals surface area contributed by atoms with Crippen LogP contribution in [0, 0.1) is 0 Å². The Hall–Kier alpha value is -1.80. The van der Waals surface area contributed by atoms with Crippen molar-refractivity contribution in [2.45, 2.75) is 19.4 Å². The van der Waals surface area contributed by atoms with Gasteiger partial charge in [0.25, 0.3) is 0 Å². The van der Waals surface area contributed by atoms with Crippen LogP contribution in [0.3, 0.4) is 0 Å². The molecule has 2 aromatic rings. The Morgan fingerprint density at radius 1 is 0.833 bits per heavy atom. The molecule has 2 nitrogen and oxygen atoms in total. The summed E-state index contributed by atoms with van der Waals surface area (Å²) in [6.07, 6.45) is 1.69. The molecule has 0 spiro atoms. The molecule has 0 fully saturated rings. The fraction of sp³-hybridized carbons (Fsp3) is 0.250. The Bertz CT molecular complexity index is 466. The summed E-state index contributed by atoms with van der Waals surface area (Å²) in [5.74, 6) is 0.884. The van der Waals surface area contributed by atoms with Crippen molar-refractivity contribution >= 4 is 0 Å².